The van der Waals surface area contributed by atoms with Gasteiger partial charge in [-0.15, -0.1) is 0 Å². The van der Waals surface area contributed by atoms with Crippen molar-refractivity contribution in [3.05, 3.63) is 28.8 Å². The monoisotopic (exact) mass is 336 g/mol. The number of benzene rings is 1. The molecule has 7 nitrogen and oxygen atoms in total. The number of guanidine groups is 1. The molecule has 1 unspecified atom stereocenters. The lowest BCUT2D eigenvalue weighted by molar-refractivity contribution is 0.100. The first-order valence-corrected chi connectivity index (χ1v) is 8.93. The van der Waals surface area contributed by atoms with Gasteiger partial charge < -0.3 is 11.5 Å². The van der Waals surface area contributed by atoms with Crippen molar-refractivity contribution in [2.45, 2.75) is 37.5 Å². The molecule has 124 valence electrons. The molecule has 0 aliphatic rings. The molecule has 1 rings (SSSR count). The van der Waals surface area contributed by atoms with Gasteiger partial charge >= 0.3 is 0 Å². The standard InChI is InChI=1S/C15H20N4O3S/c1-4-5-9(2)11-6-10(8-16)12(14(20)19-15(17)18)7-13(11)23(3,21)22/h6-7,9H,4-5H2,1-3H3,(H4,17,18,19,20). The number of amides is 1. The van der Waals surface area contributed by atoms with Crippen LogP contribution in [0.5, 0.6) is 0 Å². The van der Waals surface area contributed by atoms with Crippen molar-refractivity contribution in [2.75, 3.05) is 6.26 Å². The van der Waals surface area contributed by atoms with Crippen LogP contribution in [0, 0.1) is 11.3 Å². The van der Waals surface area contributed by atoms with Crippen molar-refractivity contribution in [1.82, 2.24) is 0 Å². The van der Waals surface area contributed by atoms with Gasteiger partial charge in [-0.05, 0) is 30.0 Å². The van der Waals surface area contributed by atoms with Gasteiger partial charge in [-0.1, -0.05) is 20.3 Å². The number of carbonyl (C=O) groups excluding carboxylic acids is 1. The minimum atomic E-state index is -3.58. The van der Waals surface area contributed by atoms with Crippen LogP contribution in [0.1, 0.15) is 54.1 Å². The molecule has 0 spiro atoms. The Kier molecular flexibility index (Phi) is 5.87. The van der Waals surface area contributed by atoms with E-state index in [9.17, 15) is 18.5 Å². The zero-order valence-electron chi connectivity index (χ0n) is 13.3. The van der Waals surface area contributed by atoms with E-state index in [0.29, 0.717) is 5.56 Å². The van der Waals surface area contributed by atoms with Crippen molar-refractivity contribution in [1.29, 1.82) is 5.26 Å². The molecule has 1 aromatic rings. The first-order chi connectivity index (χ1) is 10.6. The Morgan fingerprint density at radius 1 is 1.39 bits per heavy atom. The van der Waals surface area contributed by atoms with Crippen LogP contribution in [-0.2, 0) is 9.84 Å². The number of nitriles is 1. The molecular formula is C15H20N4O3S. The largest absolute Gasteiger partial charge is 0.370 e. The lowest BCUT2D eigenvalue weighted by atomic mass is 9.93. The van der Waals surface area contributed by atoms with E-state index >= 15 is 0 Å². The predicted octanol–water partition coefficient (Wildman–Crippen LogP) is 1.28. The van der Waals surface area contributed by atoms with E-state index in [1.807, 2.05) is 19.9 Å². The van der Waals surface area contributed by atoms with Crippen LogP contribution in [0.25, 0.3) is 0 Å². The lowest BCUT2D eigenvalue weighted by Gasteiger charge is -2.16. The Morgan fingerprint density at radius 3 is 2.43 bits per heavy atom. The molecule has 0 saturated heterocycles. The fourth-order valence-electron chi connectivity index (χ4n) is 2.34. The van der Waals surface area contributed by atoms with Crippen LogP contribution < -0.4 is 11.5 Å². The minimum Gasteiger partial charge on any atom is -0.370 e. The summed E-state index contributed by atoms with van der Waals surface area (Å²) in [6.07, 6.45) is 2.68. The number of nitrogens with zero attached hydrogens (tertiary/aromatic N) is 2. The van der Waals surface area contributed by atoms with Crippen LogP contribution in [0.2, 0.25) is 0 Å². The Balaban J connectivity index is 3.69. The normalized spacial score (nSPS) is 12.3. The Morgan fingerprint density at radius 2 is 2.00 bits per heavy atom. The Labute approximate surface area is 135 Å². The van der Waals surface area contributed by atoms with Crippen molar-refractivity contribution >= 4 is 21.7 Å². The molecule has 0 fully saturated rings. The van der Waals surface area contributed by atoms with E-state index in [1.54, 1.807) is 0 Å². The molecule has 0 aromatic heterocycles. The summed E-state index contributed by atoms with van der Waals surface area (Å²) in [5, 5.41) is 9.27. The summed E-state index contributed by atoms with van der Waals surface area (Å²) in [7, 11) is -3.58. The summed E-state index contributed by atoms with van der Waals surface area (Å²) in [6.45, 7) is 3.87. The van der Waals surface area contributed by atoms with Gasteiger partial charge in [0.15, 0.2) is 15.8 Å². The summed E-state index contributed by atoms with van der Waals surface area (Å²) < 4.78 is 24.2. The van der Waals surface area contributed by atoms with Gasteiger partial charge in [0, 0.05) is 6.26 Å². The SMILES string of the molecule is CCCC(C)c1cc(C#N)c(C(=O)N=C(N)N)cc1S(C)(=O)=O. The predicted molar refractivity (Wildman–Crippen MR) is 87.7 cm³/mol. The molecule has 8 heteroatoms. The highest BCUT2D eigenvalue weighted by atomic mass is 32.2. The maximum absolute atomic E-state index is 12.1. The van der Waals surface area contributed by atoms with Gasteiger partial charge in [-0.25, -0.2) is 8.42 Å². The van der Waals surface area contributed by atoms with Crippen molar-refractivity contribution in [2.24, 2.45) is 16.5 Å². The quantitative estimate of drug-likeness (QED) is 0.613. The number of rotatable bonds is 5. The van der Waals surface area contributed by atoms with Gasteiger partial charge in [-0.2, -0.15) is 10.3 Å². The molecule has 4 N–H and O–H groups in total. The summed E-state index contributed by atoms with van der Waals surface area (Å²) in [5.74, 6) is -1.37. The van der Waals surface area contributed by atoms with Gasteiger partial charge in [0.1, 0.15) is 0 Å². The number of hydrogen-bond acceptors (Lipinski definition) is 4. The molecule has 0 heterocycles. The molecule has 1 aromatic carbocycles. The average Bonchev–Trinajstić information content (AvgIpc) is 2.44. The molecule has 0 radical (unpaired) electrons. The molecule has 0 saturated carbocycles. The molecule has 0 aliphatic heterocycles. The van der Waals surface area contributed by atoms with Crippen LogP contribution in [0.15, 0.2) is 22.0 Å². The van der Waals surface area contributed by atoms with E-state index < -0.39 is 21.7 Å². The highest BCUT2D eigenvalue weighted by Crippen LogP contribution is 2.30. The average molecular weight is 336 g/mol. The van der Waals surface area contributed by atoms with Crippen molar-refractivity contribution in [3.63, 3.8) is 0 Å². The van der Waals surface area contributed by atoms with Gasteiger partial charge in [0.25, 0.3) is 5.91 Å². The third-order valence-electron chi connectivity index (χ3n) is 3.38. The van der Waals surface area contributed by atoms with Gasteiger partial charge in [0.05, 0.1) is 22.1 Å². The highest BCUT2D eigenvalue weighted by Gasteiger charge is 2.23. The maximum Gasteiger partial charge on any atom is 0.281 e. The van der Waals surface area contributed by atoms with Crippen molar-refractivity contribution in [3.8, 4) is 6.07 Å². The van der Waals surface area contributed by atoms with E-state index in [-0.39, 0.29) is 21.9 Å². The number of hydrogen-bond donors (Lipinski definition) is 2. The molecule has 23 heavy (non-hydrogen) atoms. The van der Waals surface area contributed by atoms with Crippen LogP contribution in [-0.4, -0.2) is 26.5 Å². The van der Waals surface area contributed by atoms with E-state index in [2.05, 4.69) is 4.99 Å². The fourth-order valence-corrected chi connectivity index (χ4v) is 3.36. The third kappa shape index (κ3) is 4.53. The van der Waals surface area contributed by atoms with E-state index in [0.717, 1.165) is 19.1 Å². The van der Waals surface area contributed by atoms with Crippen molar-refractivity contribution < 1.29 is 13.2 Å². The van der Waals surface area contributed by atoms with Gasteiger partial charge in [0.2, 0.25) is 0 Å². The number of sulfone groups is 1. The zero-order valence-corrected chi connectivity index (χ0v) is 14.1. The molecule has 1 amide bonds. The Bertz CT molecular complexity index is 788. The highest BCUT2D eigenvalue weighted by molar-refractivity contribution is 7.90. The molecule has 0 aliphatic carbocycles. The van der Waals surface area contributed by atoms with E-state index in [4.69, 9.17) is 11.5 Å². The number of nitrogens with two attached hydrogens (primary N) is 2. The molecule has 0 bridgehead atoms. The first-order valence-electron chi connectivity index (χ1n) is 7.03. The Hall–Kier alpha value is -2.40. The second-order valence-corrected chi connectivity index (χ2v) is 7.34. The van der Waals surface area contributed by atoms with Crippen LogP contribution in [0.3, 0.4) is 0 Å². The van der Waals surface area contributed by atoms with E-state index in [1.165, 1.54) is 12.1 Å². The third-order valence-corrected chi connectivity index (χ3v) is 4.54. The maximum atomic E-state index is 12.1. The second kappa shape index (κ2) is 7.24. The smallest absolute Gasteiger partial charge is 0.281 e. The summed E-state index contributed by atoms with van der Waals surface area (Å²) in [6, 6.07) is 4.52. The second-order valence-electron chi connectivity index (χ2n) is 5.35. The van der Waals surface area contributed by atoms with Crippen LogP contribution >= 0.6 is 0 Å². The van der Waals surface area contributed by atoms with Crippen LogP contribution in [0.4, 0.5) is 0 Å². The minimum absolute atomic E-state index is 0.0200. The number of carbonyl (C=O) groups is 1. The summed E-state index contributed by atoms with van der Waals surface area (Å²) in [4.78, 5) is 15.4. The summed E-state index contributed by atoms with van der Waals surface area (Å²) in [5.41, 5.74) is 10.8. The molecular weight excluding hydrogens is 316 g/mol. The lowest BCUT2D eigenvalue weighted by Crippen LogP contribution is -2.24. The summed E-state index contributed by atoms with van der Waals surface area (Å²) >= 11 is 0. The number of aliphatic imine (C=N–C) groups is 1. The molecule has 1 atom stereocenters. The fraction of sp³-hybridized carbons (Fsp3) is 0.400. The first kappa shape index (κ1) is 18.6. The van der Waals surface area contributed by atoms with Gasteiger partial charge in [-0.3, -0.25) is 4.79 Å². The topological polar surface area (TPSA) is 139 Å². The zero-order chi connectivity index (χ0) is 17.8.